The molecule has 136 valence electrons. The second-order valence-electron chi connectivity index (χ2n) is 6.40. The number of nitrogens with zero attached hydrogens (tertiary/aromatic N) is 1. The number of hydrogen-bond donors (Lipinski definition) is 1. The van der Waals surface area contributed by atoms with Gasteiger partial charge in [-0.3, -0.25) is 9.59 Å². The van der Waals surface area contributed by atoms with Crippen LogP contribution in [0.5, 0.6) is 0 Å². The van der Waals surface area contributed by atoms with Crippen LogP contribution in [-0.2, 0) is 17.8 Å². The highest BCUT2D eigenvalue weighted by Crippen LogP contribution is 2.26. The zero-order chi connectivity index (χ0) is 18.8. The second kappa shape index (κ2) is 7.29. The highest BCUT2D eigenvalue weighted by atomic mass is 35.5. The zero-order valence-electron chi connectivity index (χ0n) is 14.4. The van der Waals surface area contributed by atoms with Gasteiger partial charge in [-0.05, 0) is 47.5 Å². The molecular formula is C21H17ClN2O3. The molecule has 2 aromatic carbocycles. The van der Waals surface area contributed by atoms with Gasteiger partial charge in [0, 0.05) is 23.7 Å². The van der Waals surface area contributed by atoms with E-state index in [9.17, 15) is 9.59 Å². The monoisotopic (exact) mass is 380 g/mol. The quantitative estimate of drug-likeness (QED) is 0.742. The number of anilines is 1. The number of carbonyl (C=O) groups excluding carboxylic acids is 2. The van der Waals surface area contributed by atoms with Crippen molar-refractivity contribution >= 4 is 29.1 Å². The highest BCUT2D eigenvalue weighted by Gasteiger charge is 2.35. The molecule has 3 aromatic rings. The van der Waals surface area contributed by atoms with Gasteiger partial charge in [-0.2, -0.15) is 0 Å². The maximum Gasteiger partial charge on any atom is 0.290 e. The van der Waals surface area contributed by atoms with Gasteiger partial charge in [-0.1, -0.05) is 35.9 Å². The third kappa shape index (κ3) is 3.59. The molecule has 1 aliphatic heterocycles. The van der Waals surface area contributed by atoms with Crippen LogP contribution >= 0.6 is 11.6 Å². The van der Waals surface area contributed by atoms with E-state index in [4.69, 9.17) is 16.0 Å². The molecule has 6 heteroatoms. The number of carbonyl (C=O) groups is 2. The largest absolute Gasteiger partial charge is 0.459 e. The number of rotatable bonds is 3. The molecule has 0 saturated heterocycles. The summed E-state index contributed by atoms with van der Waals surface area (Å²) in [6, 6.07) is 17.4. The van der Waals surface area contributed by atoms with Crippen molar-refractivity contribution in [3.63, 3.8) is 0 Å². The van der Waals surface area contributed by atoms with Crippen LogP contribution in [0, 0.1) is 0 Å². The van der Waals surface area contributed by atoms with Gasteiger partial charge in [0.1, 0.15) is 6.04 Å². The van der Waals surface area contributed by atoms with Gasteiger partial charge >= 0.3 is 0 Å². The van der Waals surface area contributed by atoms with E-state index < -0.39 is 6.04 Å². The average Bonchev–Trinajstić information content (AvgIpc) is 3.23. The van der Waals surface area contributed by atoms with Crippen molar-refractivity contribution in [2.45, 2.75) is 19.0 Å². The van der Waals surface area contributed by atoms with Crippen LogP contribution in [0.3, 0.4) is 0 Å². The Bertz CT molecular complexity index is 967. The molecule has 4 rings (SSSR count). The lowest BCUT2D eigenvalue weighted by molar-refractivity contribution is -0.121. The van der Waals surface area contributed by atoms with Gasteiger partial charge in [0.15, 0.2) is 5.76 Å². The predicted molar refractivity (Wildman–Crippen MR) is 103 cm³/mol. The minimum absolute atomic E-state index is 0.221. The Morgan fingerprint density at radius 3 is 2.44 bits per heavy atom. The molecule has 2 heterocycles. The van der Waals surface area contributed by atoms with Crippen molar-refractivity contribution in [2.75, 3.05) is 5.32 Å². The number of nitrogens with one attached hydrogen (secondary N) is 1. The molecule has 1 aromatic heterocycles. The maximum atomic E-state index is 13.0. The Kier molecular flexibility index (Phi) is 4.69. The Hall–Kier alpha value is -3.05. The number of fused-ring (bicyclic) bond motifs is 1. The van der Waals surface area contributed by atoms with E-state index in [1.165, 1.54) is 6.26 Å². The summed E-state index contributed by atoms with van der Waals surface area (Å²) in [6.07, 6.45) is 1.90. The third-order valence-electron chi connectivity index (χ3n) is 4.66. The molecule has 5 nitrogen and oxygen atoms in total. The lowest BCUT2D eigenvalue weighted by atomic mass is 9.93. The van der Waals surface area contributed by atoms with E-state index >= 15 is 0 Å². The highest BCUT2D eigenvalue weighted by molar-refractivity contribution is 6.30. The Morgan fingerprint density at radius 1 is 1.00 bits per heavy atom. The SMILES string of the molecule is O=C(Nc1ccc(Cl)cc1)C1Cc2ccccc2CN1C(=O)c1ccco1. The number of hydrogen-bond acceptors (Lipinski definition) is 3. The number of halogens is 1. The van der Waals surface area contributed by atoms with E-state index in [1.54, 1.807) is 41.3 Å². The van der Waals surface area contributed by atoms with Crippen molar-refractivity contribution in [1.29, 1.82) is 0 Å². The molecule has 0 bridgehead atoms. The van der Waals surface area contributed by atoms with E-state index in [-0.39, 0.29) is 17.6 Å². The Morgan fingerprint density at radius 2 is 1.74 bits per heavy atom. The van der Waals surface area contributed by atoms with E-state index in [2.05, 4.69) is 5.32 Å². The maximum absolute atomic E-state index is 13.0. The molecule has 1 aliphatic rings. The summed E-state index contributed by atoms with van der Waals surface area (Å²) in [5.41, 5.74) is 2.74. The van der Waals surface area contributed by atoms with E-state index in [0.717, 1.165) is 11.1 Å². The van der Waals surface area contributed by atoms with E-state index in [0.29, 0.717) is 23.7 Å². The second-order valence-corrected chi connectivity index (χ2v) is 6.83. The van der Waals surface area contributed by atoms with Gasteiger partial charge in [-0.15, -0.1) is 0 Å². The molecule has 27 heavy (non-hydrogen) atoms. The Labute approximate surface area is 161 Å². The van der Waals surface area contributed by atoms with Crippen molar-refractivity contribution in [3.8, 4) is 0 Å². The summed E-state index contributed by atoms with van der Waals surface area (Å²) in [7, 11) is 0. The number of amides is 2. The molecule has 1 unspecified atom stereocenters. The molecule has 0 aliphatic carbocycles. The normalized spacial score (nSPS) is 15.9. The van der Waals surface area contributed by atoms with Crippen molar-refractivity contribution in [3.05, 3.63) is 88.8 Å². The first-order valence-corrected chi connectivity index (χ1v) is 8.97. The van der Waals surface area contributed by atoms with Crippen LogP contribution in [0.15, 0.2) is 71.3 Å². The fourth-order valence-corrected chi connectivity index (χ4v) is 3.40. The van der Waals surface area contributed by atoms with Gasteiger partial charge in [-0.25, -0.2) is 0 Å². The van der Waals surface area contributed by atoms with Crippen LogP contribution in [0.2, 0.25) is 5.02 Å². The summed E-state index contributed by atoms with van der Waals surface area (Å²) in [6.45, 7) is 0.356. The third-order valence-corrected chi connectivity index (χ3v) is 4.91. The first-order chi connectivity index (χ1) is 13.1. The summed E-state index contributed by atoms with van der Waals surface area (Å²) in [5, 5.41) is 3.47. The van der Waals surface area contributed by atoms with E-state index in [1.807, 2.05) is 24.3 Å². The van der Waals surface area contributed by atoms with Crippen molar-refractivity contribution in [1.82, 2.24) is 4.90 Å². The lowest BCUT2D eigenvalue weighted by Crippen LogP contribution is -2.50. The zero-order valence-corrected chi connectivity index (χ0v) is 15.1. The summed E-state index contributed by atoms with van der Waals surface area (Å²) in [5.74, 6) is -0.323. The smallest absolute Gasteiger partial charge is 0.290 e. The van der Waals surface area contributed by atoms with Crippen molar-refractivity contribution in [2.24, 2.45) is 0 Å². The van der Waals surface area contributed by atoms with Crippen LogP contribution in [0.4, 0.5) is 5.69 Å². The summed E-state index contributed by atoms with van der Waals surface area (Å²) in [4.78, 5) is 27.5. The molecule has 0 radical (unpaired) electrons. The number of benzene rings is 2. The van der Waals surface area contributed by atoms with Crippen LogP contribution in [0.1, 0.15) is 21.7 Å². The van der Waals surface area contributed by atoms with Crippen molar-refractivity contribution < 1.29 is 14.0 Å². The topological polar surface area (TPSA) is 62.6 Å². The minimum Gasteiger partial charge on any atom is -0.459 e. The van der Waals surface area contributed by atoms with Gasteiger partial charge in [0.25, 0.3) is 5.91 Å². The molecular weight excluding hydrogens is 364 g/mol. The molecule has 0 spiro atoms. The number of furan rings is 1. The minimum atomic E-state index is -0.631. The van der Waals surface area contributed by atoms with Crippen LogP contribution in [-0.4, -0.2) is 22.8 Å². The van der Waals surface area contributed by atoms with Gasteiger partial charge in [0.2, 0.25) is 5.91 Å². The molecule has 2 amide bonds. The predicted octanol–water partition coefficient (Wildman–Crippen LogP) is 4.14. The standard InChI is InChI=1S/C21H17ClN2O3/c22-16-7-9-17(10-8-16)23-20(25)18-12-14-4-1-2-5-15(14)13-24(18)21(26)19-6-3-11-27-19/h1-11,18H,12-13H2,(H,23,25). The van der Waals surface area contributed by atoms with Crippen LogP contribution in [0.25, 0.3) is 0 Å². The Balaban J connectivity index is 1.63. The summed E-state index contributed by atoms with van der Waals surface area (Å²) < 4.78 is 5.26. The van der Waals surface area contributed by atoms with Gasteiger partial charge < -0.3 is 14.6 Å². The first kappa shape index (κ1) is 17.4. The molecule has 1 N–H and O–H groups in total. The molecule has 0 saturated carbocycles. The summed E-state index contributed by atoms with van der Waals surface area (Å²) >= 11 is 5.90. The fourth-order valence-electron chi connectivity index (χ4n) is 3.27. The average molecular weight is 381 g/mol. The van der Waals surface area contributed by atoms with Gasteiger partial charge in [0.05, 0.1) is 6.26 Å². The lowest BCUT2D eigenvalue weighted by Gasteiger charge is -2.35. The molecule has 0 fully saturated rings. The van der Waals surface area contributed by atoms with Crippen LogP contribution < -0.4 is 5.32 Å². The molecule has 1 atom stereocenters. The first-order valence-electron chi connectivity index (χ1n) is 8.59. The fraction of sp³-hybridized carbons (Fsp3) is 0.143.